The molecular formula is C13H11FN2OS. The molecule has 0 aliphatic rings. The average Bonchev–Trinajstić information content (AvgIpc) is 2.91. The lowest BCUT2D eigenvalue weighted by atomic mass is 10.1. The molecule has 0 unspecified atom stereocenters. The van der Waals surface area contributed by atoms with E-state index in [1.54, 1.807) is 6.07 Å². The molecule has 2 heterocycles. The van der Waals surface area contributed by atoms with E-state index in [2.05, 4.69) is 5.16 Å². The SMILES string of the molecule is CCc1c(-c2cc3ccc(F)cc3s2)noc1N. The number of aromatic nitrogens is 1. The number of hydrogen-bond donors (Lipinski definition) is 1. The first kappa shape index (κ1) is 11.2. The second kappa shape index (κ2) is 4.10. The van der Waals surface area contributed by atoms with E-state index in [1.807, 2.05) is 13.0 Å². The van der Waals surface area contributed by atoms with Crippen molar-refractivity contribution in [3.63, 3.8) is 0 Å². The maximum Gasteiger partial charge on any atom is 0.225 e. The zero-order chi connectivity index (χ0) is 12.7. The molecule has 0 bridgehead atoms. The molecule has 0 saturated heterocycles. The number of anilines is 1. The van der Waals surface area contributed by atoms with Crippen molar-refractivity contribution in [1.82, 2.24) is 5.16 Å². The predicted octanol–water partition coefficient (Wildman–Crippen LogP) is 3.84. The molecule has 2 aromatic heterocycles. The van der Waals surface area contributed by atoms with Gasteiger partial charge in [-0.2, -0.15) is 0 Å². The highest BCUT2D eigenvalue weighted by Crippen LogP contribution is 2.36. The number of nitrogen functional groups attached to an aromatic ring is 1. The van der Waals surface area contributed by atoms with Crippen LogP contribution in [-0.4, -0.2) is 5.16 Å². The van der Waals surface area contributed by atoms with Gasteiger partial charge in [0.2, 0.25) is 5.88 Å². The Morgan fingerprint density at radius 1 is 1.39 bits per heavy atom. The van der Waals surface area contributed by atoms with E-state index in [-0.39, 0.29) is 5.82 Å². The summed E-state index contributed by atoms with van der Waals surface area (Å²) >= 11 is 1.49. The minimum Gasteiger partial charge on any atom is -0.367 e. The van der Waals surface area contributed by atoms with Crippen molar-refractivity contribution in [3.8, 4) is 10.6 Å². The molecule has 0 aliphatic heterocycles. The van der Waals surface area contributed by atoms with Gasteiger partial charge in [-0.1, -0.05) is 18.1 Å². The first-order valence-corrected chi connectivity index (χ1v) is 6.44. The van der Waals surface area contributed by atoms with Crippen LogP contribution >= 0.6 is 11.3 Å². The molecule has 3 aromatic rings. The Hall–Kier alpha value is -1.88. The lowest BCUT2D eigenvalue weighted by molar-refractivity contribution is 0.439. The molecule has 0 atom stereocenters. The van der Waals surface area contributed by atoms with Gasteiger partial charge in [-0.15, -0.1) is 11.3 Å². The Morgan fingerprint density at radius 2 is 2.22 bits per heavy atom. The minimum absolute atomic E-state index is 0.230. The monoisotopic (exact) mass is 262 g/mol. The lowest BCUT2D eigenvalue weighted by Crippen LogP contribution is -1.88. The summed E-state index contributed by atoms with van der Waals surface area (Å²) in [6.07, 6.45) is 0.757. The molecule has 2 N–H and O–H groups in total. The number of fused-ring (bicyclic) bond motifs is 1. The van der Waals surface area contributed by atoms with E-state index < -0.39 is 0 Å². The first-order chi connectivity index (χ1) is 8.69. The molecule has 0 spiro atoms. The quantitative estimate of drug-likeness (QED) is 0.763. The minimum atomic E-state index is -0.230. The van der Waals surface area contributed by atoms with Crippen LogP contribution in [0, 0.1) is 5.82 Å². The van der Waals surface area contributed by atoms with Crippen LogP contribution < -0.4 is 5.73 Å². The number of benzene rings is 1. The van der Waals surface area contributed by atoms with E-state index in [4.69, 9.17) is 10.3 Å². The summed E-state index contributed by atoms with van der Waals surface area (Å²) in [5.74, 6) is 0.127. The van der Waals surface area contributed by atoms with Crippen molar-refractivity contribution < 1.29 is 8.91 Å². The molecule has 18 heavy (non-hydrogen) atoms. The second-order valence-corrected chi connectivity index (χ2v) is 5.10. The van der Waals surface area contributed by atoms with Crippen molar-refractivity contribution in [2.24, 2.45) is 0 Å². The Morgan fingerprint density at radius 3 is 3.00 bits per heavy atom. The van der Waals surface area contributed by atoms with Crippen LogP contribution in [0.1, 0.15) is 12.5 Å². The summed E-state index contributed by atoms with van der Waals surface area (Å²) in [5.41, 5.74) is 7.39. The van der Waals surface area contributed by atoms with Gasteiger partial charge in [-0.3, -0.25) is 0 Å². The Kier molecular flexibility index (Phi) is 2.56. The van der Waals surface area contributed by atoms with Crippen LogP contribution in [0.5, 0.6) is 0 Å². The molecule has 0 radical (unpaired) electrons. The fourth-order valence-corrected chi connectivity index (χ4v) is 3.08. The van der Waals surface area contributed by atoms with Gasteiger partial charge in [0, 0.05) is 10.3 Å². The second-order valence-electron chi connectivity index (χ2n) is 4.02. The molecule has 0 aliphatic carbocycles. The Bertz CT molecular complexity index is 717. The molecule has 3 rings (SSSR count). The van der Waals surface area contributed by atoms with E-state index in [0.29, 0.717) is 5.88 Å². The summed E-state index contributed by atoms with van der Waals surface area (Å²) in [6, 6.07) is 6.73. The number of hydrogen-bond acceptors (Lipinski definition) is 4. The largest absolute Gasteiger partial charge is 0.367 e. The van der Waals surface area contributed by atoms with Gasteiger partial charge < -0.3 is 10.3 Å². The summed E-state index contributed by atoms with van der Waals surface area (Å²) in [7, 11) is 0. The predicted molar refractivity (Wildman–Crippen MR) is 71.1 cm³/mol. The van der Waals surface area contributed by atoms with Gasteiger partial charge in [0.1, 0.15) is 11.5 Å². The summed E-state index contributed by atoms with van der Waals surface area (Å²) in [4.78, 5) is 0.952. The molecule has 0 amide bonds. The van der Waals surface area contributed by atoms with Crippen molar-refractivity contribution in [1.29, 1.82) is 0 Å². The molecular weight excluding hydrogens is 251 g/mol. The number of nitrogens with two attached hydrogens (primary N) is 1. The van der Waals surface area contributed by atoms with Gasteiger partial charge in [0.05, 0.1) is 4.88 Å². The first-order valence-electron chi connectivity index (χ1n) is 5.62. The van der Waals surface area contributed by atoms with Gasteiger partial charge in [-0.25, -0.2) is 4.39 Å². The standard InChI is InChI=1S/C13H11FN2OS/c1-2-9-12(16-17-13(9)15)11-5-7-3-4-8(14)6-10(7)18-11/h3-6H,2,15H2,1H3. The Labute approximate surface area is 107 Å². The normalized spacial score (nSPS) is 11.2. The zero-order valence-corrected chi connectivity index (χ0v) is 10.6. The Balaban J connectivity index is 2.19. The highest BCUT2D eigenvalue weighted by Gasteiger charge is 2.16. The van der Waals surface area contributed by atoms with E-state index in [1.165, 1.54) is 23.5 Å². The van der Waals surface area contributed by atoms with Crippen molar-refractivity contribution >= 4 is 27.3 Å². The third-order valence-corrected chi connectivity index (χ3v) is 3.99. The maximum absolute atomic E-state index is 13.2. The van der Waals surface area contributed by atoms with E-state index in [9.17, 15) is 4.39 Å². The van der Waals surface area contributed by atoms with Gasteiger partial charge in [-0.05, 0) is 30.0 Å². The molecule has 92 valence electrons. The van der Waals surface area contributed by atoms with Gasteiger partial charge in [0.25, 0.3) is 0 Å². The number of halogens is 1. The number of nitrogens with zero attached hydrogens (tertiary/aromatic N) is 1. The molecule has 0 fully saturated rings. The topological polar surface area (TPSA) is 52.0 Å². The molecule has 1 aromatic carbocycles. The fraction of sp³-hybridized carbons (Fsp3) is 0.154. The number of thiophene rings is 1. The van der Waals surface area contributed by atoms with Crippen LogP contribution in [0.25, 0.3) is 20.7 Å². The summed E-state index contributed by atoms with van der Waals surface area (Å²) in [6.45, 7) is 2.00. The van der Waals surface area contributed by atoms with E-state index >= 15 is 0 Å². The molecule has 5 heteroatoms. The van der Waals surface area contributed by atoms with Crippen LogP contribution in [0.3, 0.4) is 0 Å². The maximum atomic E-state index is 13.2. The van der Waals surface area contributed by atoms with Crippen LogP contribution in [-0.2, 0) is 6.42 Å². The fourth-order valence-electron chi connectivity index (χ4n) is 1.98. The highest BCUT2D eigenvalue weighted by molar-refractivity contribution is 7.22. The third-order valence-electron chi connectivity index (χ3n) is 2.89. The van der Waals surface area contributed by atoms with Gasteiger partial charge in [0.15, 0.2) is 0 Å². The van der Waals surface area contributed by atoms with Gasteiger partial charge >= 0.3 is 0 Å². The zero-order valence-electron chi connectivity index (χ0n) is 9.74. The van der Waals surface area contributed by atoms with Crippen LogP contribution in [0.4, 0.5) is 10.3 Å². The average molecular weight is 262 g/mol. The molecule has 0 saturated carbocycles. The van der Waals surface area contributed by atoms with Crippen molar-refractivity contribution in [2.75, 3.05) is 5.73 Å². The number of rotatable bonds is 2. The third kappa shape index (κ3) is 1.67. The van der Waals surface area contributed by atoms with Crippen molar-refractivity contribution in [2.45, 2.75) is 13.3 Å². The summed E-state index contributed by atoms with van der Waals surface area (Å²) < 4.78 is 19.1. The van der Waals surface area contributed by atoms with Crippen molar-refractivity contribution in [3.05, 3.63) is 35.6 Å². The van der Waals surface area contributed by atoms with E-state index in [0.717, 1.165) is 32.6 Å². The summed E-state index contributed by atoms with van der Waals surface area (Å²) in [5, 5.41) is 4.99. The highest BCUT2D eigenvalue weighted by atomic mass is 32.1. The van der Waals surface area contributed by atoms with Crippen LogP contribution in [0.2, 0.25) is 0 Å². The lowest BCUT2D eigenvalue weighted by Gasteiger charge is -1.93. The van der Waals surface area contributed by atoms with Crippen LogP contribution in [0.15, 0.2) is 28.8 Å². The molecule has 3 nitrogen and oxygen atoms in total. The smallest absolute Gasteiger partial charge is 0.225 e.